The van der Waals surface area contributed by atoms with E-state index in [-0.39, 0.29) is 12.3 Å². The minimum Gasteiger partial charge on any atom is -0.444 e. The van der Waals surface area contributed by atoms with Crippen LogP contribution in [0.5, 0.6) is 0 Å². The number of allylic oxidation sites excluding steroid dienone is 1. The standard InChI is InChI=1S/C27H36N4O3.CH3B/c1-6-16(2)22-23-20(30-19-11-9-18(10-12-19)17-7-8-17)13-14-31(26(33)34-27(3,4)5)21(23)15-29-25(32)24(22)28;1-2/h9-12,17,21,28,30H,6-8,13-15H2,1-5H3,(H,29,32);1H3. The molecule has 1 unspecified atom stereocenters. The van der Waals surface area contributed by atoms with Gasteiger partial charge in [0, 0.05) is 42.0 Å². The first kappa shape index (κ1) is 27.6. The van der Waals surface area contributed by atoms with Crippen LogP contribution < -0.4 is 10.6 Å². The van der Waals surface area contributed by atoms with E-state index in [9.17, 15) is 9.59 Å². The number of hydrogen-bond donors (Lipinski definition) is 3. The van der Waals surface area contributed by atoms with E-state index < -0.39 is 23.6 Å². The highest BCUT2D eigenvalue weighted by Crippen LogP contribution is 2.40. The average molecular weight is 490 g/mol. The molecule has 1 saturated heterocycles. The summed E-state index contributed by atoms with van der Waals surface area (Å²) in [5.41, 5.74) is 5.05. The number of benzene rings is 1. The van der Waals surface area contributed by atoms with E-state index >= 15 is 0 Å². The number of ether oxygens (including phenoxy) is 1. The topological polar surface area (TPSA) is 94.5 Å². The predicted octanol–water partition coefficient (Wildman–Crippen LogP) is 5.32. The summed E-state index contributed by atoms with van der Waals surface area (Å²) in [6, 6.07) is 8.12. The van der Waals surface area contributed by atoms with Gasteiger partial charge in [-0.2, -0.15) is 0 Å². The lowest BCUT2D eigenvalue weighted by Crippen LogP contribution is -2.51. The number of hydrogen-bond acceptors (Lipinski definition) is 5. The molecule has 2 fully saturated rings. The van der Waals surface area contributed by atoms with Crippen LogP contribution in [-0.4, -0.2) is 55.2 Å². The van der Waals surface area contributed by atoms with E-state index in [2.05, 4.69) is 42.7 Å². The third-order valence-electron chi connectivity index (χ3n) is 6.68. The van der Waals surface area contributed by atoms with Gasteiger partial charge in [0.05, 0.1) is 13.9 Å². The number of carbonyl (C=O) groups is 2. The van der Waals surface area contributed by atoms with Crippen molar-refractivity contribution < 1.29 is 14.3 Å². The highest BCUT2D eigenvalue weighted by atomic mass is 16.6. The molecule has 2 radical (unpaired) electrons. The van der Waals surface area contributed by atoms with Crippen molar-refractivity contribution in [2.24, 2.45) is 0 Å². The van der Waals surface area contributed by atoms with E-state index in [0.29, 0.717) is 30.9 Å². The highest BCUT2D eigenvalue weighted by Gasteiger charge is 2.41. The van der Waals surface area contributed by atoms with Crippen LogP contribution in [0.3, 0.4) is 0 Å². The summed E-state index contributed by atoms with van der Waals surface area (Å²) in [6.45, 7) is 11.7. The molecule has 192 valence electrons. The molecule has 3 aliphatic rings. The number of nitrogens with one attached hydrogen (secondary N) is 3. The Morgan fingerprint density at radius 2 is 1.86 bits per heavy atom. The molecule has 3 N–H and O–H groups in total. The Morgan fingerprint density at radius 3 is 2.42 bits per heavy atom. The van der Waals surface area contributed by atoms with E-state index in [1.807, 2.05) is 34.6 Å². The van der Waals surface area contributed by atoms with Crippen LogP contribution in [0.15, 0.2) is 46.7 Å². The minimum atomic E-state index is -0.624. The fourth-order valence-electron chi connectivity index (χ4n) is 4.65. The van der Waals surface area contributed by atoms with Crippen molar-refractivity contribution in [3.8, 4) is 0 Å². The zero-order chi connectivity index (χ0) is 26.6. The first-order valence-corrected chi connectivity index (χ1v) is 12.8. The van der Waals surface area contributed by atoms with Gasteiger partial charge in [-0.25, -0.2) is 4.79 Å². The molecular formula is C28H39BN4O3. The van der Waals surface area contributed by atoms with Crippen LogP contribution in [0.4, 0.5) is 10.5 Å². The fourth-order valence-corrected chi connectivity index (χ4v) is 4.65. The first-order valence-electron chi connectivity index (χ1n) is 12.8. The average Bonchev–Trinajstić information content (AvgIpc) is 3.70. The third kappa shape index (κ3) is 6.20. The molecule has 7 nitrogen and oxygen atoms in total. The molecule has 1 saturated carbocycles. The van der Waals surface area contributed by atoms with Gasteiger partial charge in [0.25, 0.3) is 5.91 Å². The molecule has 0 bridgehead atoms. The van der Waals surface area contributed by atoms with Crippen LogP contribution in [0.1, 0.15) is 71.8 Å². The molecule has 2 heterocycles. The van der Waals surface area contributed by atoms with Crippen molar-refractivity contribution in [3.05, 3.63) is 52.2 Å². The maximum Gasteiger partial charge on any atom is 0.410 e. The zero-order valence-electron chi connectivity index (χ0n) is 22.5. The molecule has 4 rings (SSSR count). The van der Waals surface area contributed by atoms with Crippen molar-refractivity contribution >= 4 is 31.2 Å². The van der Waals surface area contributed by atoms with Crippen LogP contribution >= 0.6 is 0 Å². The molecule has 0 aromatic heterocycles. The van der Waals surface area contributed by atoms with Gasteiger partial charge in [-0.1, -0.05) is 31.5 Å². The molecule has 1 aromatic carbocycles. The maximum absolute atomic E-state index is 13.1. The predicted molar refractivity (Wildman–Crippen MR) is 146 cm³/mol. The lowest BCUT2D eigenvalue weighted by molar-refractivity contribution is -0.114. The molecule has 36 heavy (non-hydrogen) atoms. The van der Waals surface area contributed by atoms with Crippen molar-refractivity contribution in [2.75, 3.05) is 18.4 Å². The maximum atomic E-state index is 13.1. The molecule has 2 amide bonds. The Labute approximate surface area is 216 Å². The summed E-state index contributed by atoms with van der Waals surface area (Å²) in [7, 11) is 4.50. The lowest BCUT2D eigenvalue weighted by Gasteiger charge is -2.39. The van der Waals surface area contributed by atoms with Gasteiger partial charge < -0.3 is 15.4 Å². The number of anilines is 1. The Bertz CT molecular complexity index is 1070. The smallest absolute Gasteiger partial charge is 0.410 e. The Hall–Kier alpha value is -3.03. The van der Waals surface area contributed by atoms with Crippen molar-refractivity contribution in [3.63, 3.8) is 0 Å². The molecule has 1 atom stereocenters. The van der Waals surface area contributed by atoms with Crippen LogP contribution in [0, 0.1) is 5.41 Å². The third-order valence-corrected chi connectivity index (χ3v) is 6.68. The minimum absolute atomic E-state index is 0.0497. The summed E-state index contributed by atoms with van der Waals surface area (Å²) >= 11 is 0. The number of nitrogens with zero attached hydrogens (tertiary/aromatic N) is 1. The number of rotatable bonds is 4. The van der Waals surface area contributed by atoms with Gasteiger partial charge in [0.1, 0.15) is 11.3 Å². The van der Waals surface area contributed by atoms with Gasteiger partial charge >= 0.3 is 6.09 Å². The Morgan fingerprint density at radius 1 is 1.22 bits per heavy atom. The van der Waals surface area contributed by atoms with Crippen LogP contribution in [0.2, 0.25) is 6.82 Å². The summed E-state index contributed by atoms with van der Waals surface area (Å²) < 4.78 is 5.70. The van der Waals surface area contributed by atoms with E-state index in [1.54, 1.807) is 4.90 Å². The number of carbonyl (C=O) groups excluding carboxylic acids is 2. The fraction of sp³-hybridized carbons (Fsp3) is 0.536. The van der Waals surface area contributed by atoms with E-state index in [1.165, 1.54) is 25.2 Å². The van der Waals surface area contributed by atoms with Gasteiger partial charge in [-0.15, -0.1) is 0 Å². The highest BCUT2D eigenvalue weighted by molar-refractivity contribution is 6.45. The Balaban J connectivity index is 0.00000176. The molecule has 1 aromatic rings. The van der Waals surface area contributed by atoms with Crippen molar-refractivity contribution in [1.82, 2.24) is 10.2 Å². The van der Waals surface area contributed by atoms with Gasteiger partial charge in [0.2, 0.25) is 0 Å². The van der Waals surface area contributed by atoms with E-state index in [4.69, 9.17) is 10.1 Å². The van der Waals surface area contributed by atoms with Gasteiger partial charge in [-0.3, -0.25) is 15.1 Å². The molecule has 0 spiro atoms. The molecule has 1 aliphatic carbocycles. The SMILES string of the molecule is CCC(C)=C1C(=N)C(=O)NCC2C1=C(Nc1ccc(C3CC3)cc1)CCN2C(=O)OC(C)(C)C.[B]C. The first-order chi connectivity index (χ1) is 17.1. The number of amides is 2. The second kappa shape index (κ2) is 11.4. The summed E-state index contributed by atoms with van der Waals surface area (Å²) in [5.74, 6) is 0.278. The van der Waals surface area contributed by atoms with Crippen LogP contribution in [-0.2, 0) is 9.53 Å². The largest absolute Gasteiger partial charge is 0.444 e. The second-order valence-electron chi connectivity index (χ2n) is 10.4. The summed E-state index contributed by atoms with van der Waals surface area (Å²) in [4.78, 5) is 27.6. The lowest BCUT2D eigenvalue weighted by atomic mass is 9.85. The van der Waals surface area contributed by atoms with Crippen molar-refractivity contribution in [1.29, 1.82) is 5.41 Å². The van der Waals surface area contributed by atoms with Gasteiger partial charge in [0.15, 0.2) is 0 Å². The second-order valence-corrected chi connectivity index (χ2v) is 10.4. The molecule has 8 heteroatoms. The number of fused-ring (bicyclic) bond motifs is 1. The van der Waals surface area contributed by atoms with Crippen molar-refractivity contribution in [2.45, 2.75) is 84.7 Å². The van der Waals surface area contributed by atoms with Gasteiger partial charge in [-0.05, 0) is 70.6 Å². The zero-order valence-corrected chi connectivity index (χ0v) is 22.5. The summed E-state index contributed by atoms with van der Waals surface area (Å²) in [6.07, 6.45) is 3.41. The molecular weight excluding hydrogens is 451 g/mol. The summed E-state index contributed by atoms with van der Waals surface area (Å²) in [5, 5.41) is 15.1. The Kier molecular flexibility index (Phi) is 8.69. The molecule has 2 aliphatic heterocycles. The normalized spacial score (nSPS) is 21.5. The quantitative estimate of drug-likeness (QED) is 0.498. The van der Waals surface area contributed by atoms with Crippen LogP contribution in [0.25, 0.3) is 0 Å². The monoisotopic (exact) mass is 490 g/mol. The van der Waals surface area contributed by atoms with E-state index in [0.717, 1.165) is 22.5 Å².